The van der Waals surface area contributed by atoms with Gasteiger partial charge in [0.05, 0.1) is 6.04 Å². The number of carbonyl (C=O) groups is 1. The number of nitrogens with one attached hydrogen (secondary N) is 2. The normalized spacial score (nSPS) is 15.7. The molecule has 2 N–H and O–H groups in total. The molecule has 144 valence electrons. The fourth-order valence-electron chi connectivity index (χ4n) is 3.56. The average Bonchev–Trinajstić information content (AvgIpc) is 3.15. The molecule has 0 unspecified atom stereocenters. The Labute approximate surface area is 164 Å². The molecule has 0 radical (unpaired) electrons. The summed E-state index contributed by atoms with van der Waals surface area (Å²) in [7, 11) is 0. The maximum atomic E-state index is 14.5. The van der Waals surface area contributed by atoms with E-state index in [-0.39, 0.29) is 17.8 Å². The van der Waals surface area contributed by atoms with E-state index in [1.54, 1.807) is 12.1 Å². The summed E-state index contributed by atoms with van der Waals surface area (Å²) >= 11 is 6.33. The van der Waals surface area contributed by atoms with E-state index in [9.17, 15) is 9.18 Å². The van der Waals surface area contributed by atoms with Gasteiger partial charge in [-0.1, -0.05) is 29.8 Å². The molecular formula is C21H25ClFN3O. The molecule has 0 aliphatic carbocycles. The number of nitrogens with zero attached hydrogens (tertiary/aromatic N) is 1. The van der Waals surface area contributed by atoms with Crippen molar-refractivity contribution in [3.8, 4) is 0 Å². The van der Waals surface area contributed by atoms with Gasteiger partial charge in [0, 0.05) is 36.3 Å². The minimum Gasteiger partial charge on any atom is -0.326 e. The molecule has 0 bridgehead atoms. The lowest BCUT2D eigenvalue weighted by molar-refractivity contribution is -0.114. The fourth-order valence-corrected chi connectivity index (χ4v) is 3.85. The lowest BCUT2D eigenvalue weighted by atomic mass is 10.0. The molecule has 1 atom stereocenters. The molecule has 6 heteroatoms. The molecule has 1 fully saturated rings. The van der Waals surface area contributed by atoms with E-state index in [4.69, 9.17) is 11.6 Å². The van der Waals surface area contributed by atoms with Crippen molar-refractivity contribution in [1.82, 2.24) is 10.2 Å². The van der Waals surface area contributed by atoms with Gasteiger partial charge in [0.2, 0.25) is 5.91 Å². The first-order chi connectivity index (χ1) is 13.0. The topological polar surface area (TPSA) is 44.4 Å². The van der Waals surface area contributed by atoms with Crippen molar-refractivity contribution in [2.75, 3.05) is 25.0 Å². The van der Waals surface area contributed by atoms with Gasteiger partial charge in [-0.25, -0.2) is 4.39 Å². The first-order valence-corrected chi connectivity index (χ1v) is 9.67. The maximum Gasteiger partial charge on any atom is 0.221 e. The lowest BCUT2D eigenvalue weighted by Crippen LogP contribution is -2.34. The van der Waals surface area contributed by atoms with Crippen LogP contribution in [-0.2, 0) is 11.3 Å². The first-order valence-electron chi connectivity index (χ1n) is 9.30. The third-order valence-corrected chi connectivity index (χ3v) is 5.19. The Morgan fingerprint density at radius 1 is 1.19 bits per heavy atom. The zero-order valence-electron chi connectivity index (χ0n) is 15.5. The molecule has 1 amide bonds. The predicted octanol–water partition coefficient (Wildman–Crippen LogP) is 4.36. The highest BCUT2D eigenvalue weighted by Crippen LogP contribution is 2.32. The summed E-state index contributed by atoms with van der Waals surface area (Å²) in [6.07, 6.45) is 2.26. The summed E-state index contributed by atoms with van der Waals surface area (Å²) < 4.78 is 14.5. The number of carbonyl (C=O) groups excluding carboxylic acids is 1. The summed E-state index contributed by atoms with van der Waals surface area (Å²) in [5.41, 5.74) is 2.46. The number of amides is 1. The lowest BCUT2D eigenvalue weighted by Gasteiger charge is -2.29. The maximum absolute atomic E-state index is 14.5. The number of halogens is 2. The van der Waals surface area contributed by atoms with Crippen LogP contribution in [0.1, 0.15) is 36.9 Å². The molecule has 1 aliphatic heterocycles. The number of benzene rings is 2. The second-order valence-electron chi connectivity index (χ2n) is 6.90. The van der Waals surface area contributed by atoms with Crippen LogP contribution < -0.4 is 10.6 Å². The van der Waals surface area contributed by atoms with Crippen LogP contribution >= 0.6 is 11.6 Å². The Bertz CT molecular complexity index is 755. The predicted molar refractivity (Wildman–Crippen MR) is 107 cm³/mol. The van der Waals surface area contributed by atoms with Crippen LogP contribution in [0.3, 0.4) is 0 Å². The fraction of sp³-hybridized carbons (Fsp3) is 0.381. The Kier molecular flexibility index (Phi) is 6.83. The molecule has 0 aromatic heterocycles. The van der Waals surface area contributed by atoms with E-state index < -0.39 is 0 Å². The SMILES string of the molecule is CC(=O)Nc1ccc(CNC[C@@H](c2c(F)cccc2Cl)N2CCCC2)cc1. The monoisotopic (exact) mass is 389 g/mol. The average molecular weight is 390 g/mol. The van der Waals surface area contributed by atoms with Crippen LogP contribution in [0.25, 0.3) is 0 Å². The highest BCUT2D eigenvalue weighted by Gasteiger charge is 2.27. The van der Waals surface area contributed by atoms with Gasteiger partial charge in [-0.05, 0) is 55.8 Å². The van der Waals surface area contributed by atoms with Crippen molar-refractivity contribution in [3.63, 3.8) is 0 Å². The molecule has 4 nitrogen and oxygen atoms in total. The van der Waals surface area contributed by atoms with Crippen molar-refractivity contribution in [1.29, 1.82) is 0 Å². The van der Waals surface area contributed by atoms with Crippen molar-refractivity contribution < 1.29 is 9.18 Å². The standard InChI is InChI=1S/C21H25ClFN3O/c1-15(27)25-17-9-7-16(8-10-17)13-24-14-20(26-11-2-3-12-26)21-18(22)5-4-6-19(21)23/h4-10,20,24H,2-3,11-14H2,1H3,(H,25,27)/t20-/m0/s1. The van der Waals surface area contributed by atoms with Crippen LogP contribution in [0.4, 0.5) is 10.1 Å². The van der Waals surface area contributed by atoms with Gasteiger partial charge in [0.1, 0.15) is 5.82 Å². The van der Waals surface area contributed by atoms with E-state index in [0.29, 0.717) is 23.7 Å². The molecule has 0 spiro atoms. The summed E-state index contributed by atoms with van der Waals surface area (Å²) in [6, 6.07) is 12.5. The summed E-state index contributed by atoms with van der Waals surface area (Å²) in [4.78, 5) is 13.4. The number of anilines is 1. The van der Waals surface area contributed by atoms with Crippen molar-refractivity contribution in [2.24, 2.45) is 0 Å². The van der Waals surface area contributed by atoms with Crippen LogP contribution in [0.5, 0.6) is 0 Å². The zero-order valence-corrected chi connectivity index (χ0v) is 16.2. The van der Waals surface area contributed by atoms with Crippen molar-refractivity contribution in [3.05, 3.63) is 64.4 Å². The third kappa shape index (κ3) is 5.28. The first kappa shape index (κ1) is 19.8. The summed E-state index contributed by atoms with van der Waals surface area (Å²) in [5, 5.41) is 6.67. The van der Waals surface area contributed by atoms with E-state index in [1.807, 2.05) is 24.3 Å². The van der Waals surface area contributed by atoms with Gasteiger partial charge < -0.3 is 10.6 Å². The highest BCUT2D eigenvalue weighted by atomic mass is 35.5. The van der Waals surface area contributed by atoms with E-state index in [0.717, 1.165) is 37.2 Å². The molecule has 1 aliphatic rings. The molecule has 2 aromatic carbocycles. The van der Waals surface area contributed by atoms with Gasteiger partial charge in [0.25, 0.3) is 0 Å². The minimum absolute atomic E-state index is 0.0835. The molecule has 3 rings (SSSR count). The van der Waals surface area contributed by atoms with Crippen LogP contribution in [0.15, 0.2) is 42.5 Å². The van der Waals surface area contributed by atoms with Gasteiger partial charge in [0.15, 0.2) is 0 Å². The number of likely N-dealkylation sites (tertiary alicyclic amines) is 1. The smallest absolute Gasteiger partial charge is 0.221 e. The van der Waals surface area contributed by atoms with E-state index >= 15 is 0 Å². The summed E-state index contributed by atoms with van der Waals surface area (Å²) in [6.45, 7) is 4.69. The number of rotatable bonds is 7. The third-order valence-electron chi connectivity index (χ3n) is 4.86. The number of hydrogen-bond acceptors (Lipinski definition) is 3. The Morgan fingerprint density at radius 2 is 1.89 bits per heavy atom. The quantitative estimate of drug-likeness (QED) is 0.739. The zero-order chi connectivity index (χ0) is 19.2. The largest absolute Gasteiger partial charge is 0.326 e. The van der Waals surface area contributed by atoms with Gasteiger partial charge >= 0.3 is 0 Å². The molecular weight excluding hydrogens is 365 g/mol. The Balaban J connectivity index is 1.66. The van der Waals surface area contributed by atoms with Crippen LogP contribution in [-0.4, -0.2) is 30.4 Å². The highest BCUT2D eigenvalue weighted by molar-refractivity contribution is 6.31. The van der Waals surface area contributed by atoms with Crippen LogP contribution in [0, 0.1) is 5.82 Å². The number of hydrogen-bond donors (Lipinski definition) is 2. The van der Waals surface area contributed by atoms with Crippen molar-refractivity contribution >= 4 is 23.2 Å². The van der Waals surface area contributed by atoms with E-state index in [2.05, 4.69) is 15.5 Å². The molecule has 1 heterocycles. The Hall–Kier alpha value is -1.95. The summed E-state index contributed by atoms with van der Waals surface area (Å²) in [5.74, 6) is -0.336. The van der Waals surface area contributed by atoms with E-state index in [1.165, 1.54) is 13.0 Å². The van der Waals surface area contributed by atoms with Crippen LogP contribution in [0.2, 0.25) is 5.02 Å². The second-order valence-corrected chi connectivity index (χ2v) is 7.31. The minimum atomic E-state index is -0.249. The molecule has 27 heavy (non-hydrogen) atoms. The molecule has 0 saturated carbocycles. The van der Waals surface area contributed by atoms with Gasteiger partial charge in [-0.2, -0.15) is 0 Å². The molecule has 2 aromatic rings. The van der Waals surface area contributed by atoms with Gasteiger partial charge in [-0.3, -0.25) is 9.69 Å². The molecule has 1 saturated heterocycles. The van der Waals surface area contributed by atoms with Gasteiger partial charge in [-0.15, -0.1) is 0 Å². The Morgan fingerprint density at radius 3 is 2.52 bits per heavy atom. The second kappa shape index (κ2) is 9.31. The van der Waals surface area contributed by atoms with Crippen molar-refractivity contribution in [2.45, 2.75) is 32.4 Å².